The second kappa shape index (κ2) is 6.94. The molecule has 2 atom stereocenters. The Balaban J connectivity index is 1.33. The van der Waals surface area contributed by atoms with Crippen LogP contribution in [-0.4, -0.2) is 12.6 Å². The molecule has 0 N–H and O–H groups in total. The Hall–Kier alpha value is -2.87. The third-order valence-electron chi connectivity index (χ3n) is 6.52. The van der Waals surface area contributed by atoms with E-state index in [0.717, 1.165) is 12.8 Å². The molecule has 28 heavy (non-hydrogen) atoms. The van der Waals surface area contributed by atoms with Crippen LogP contribution < -0.4 is 0 Å². The predicted octanol–water partition coefficient (Wildman–Crippen LogP) is 5.84. The van der Waals surface area contributed by atoms with Gasteiger partial charge in [0.15, 0.2) is 0 Å². The van der Waals surface area contributed by atoms with Crippen molar-refractivity contribution in [3.8, 4) is 11.1 Å². The molecule has 0 amide bonds. The Kier molecular flexibility index (Phi) is 4.27. The Bertz CT molecular complexity index is 990. The first-order valence-electron chi connectivity index (χ1n) is 10.1. The van der Waals surface area contributed by atoms with E-state index < -0.39 is 0 Å². The third-order valence-corrected chi connectivity index (χ3v) is 6.52. The summed E-state index contributed by atoms with van der Waals surface area (Å²) < 4.78 is 5.90. The van der Waals surface area contributed by atoms with Gasteiger partial charge in [-0.25, -0.2) is 0 Å². The van der Waals surface area contributed by atoms with E-state index in [1.54, 1.807) is 0 Å². The highest BCUT2D eigenvalue weighted by Crippen LogP contribution is 2.46. The van der Waals surface area contributed by atoms with Crippen molar-refractivity contribution in [1.82, 2.24) is 0 Å². The number of carbonyl (C=O) groups is 1. The van der Waals surface area contributed by atoms with Gasteiger partial charge in [0, 0.05) is 5.92 Å². The lowest BCUT2D eigenvalue weighted by Crippen LogP contribution is -2.33. The zero-order valence-electron chi connectivity index (χ0n) is 16.1. The van der Waals surface area contributed by atoms with Crippen molar-refractivity contribution in [2.75, 3.05) is 6.61 Å². The van der Waals surface area contributed by atoms with Gasteiger partial charge in [-0.2, -0.15) is 0 Å². The van der Waals surface area contributed by atoms with E-state index in [1.807, 2.05) is 0 Å². The molecule has 140 valence electrons. The summed E-state index contributed by atoms with van der Waals surface area (Å²) in [7, 11) is 0. The lowest BCUT2D eigenvalue weighted by atomic mass is 9.69. The minimum absolute atomic E-state index is 0.00649. The van der Waals surface area contributed by atoms with E-state index in [2.05, 4.69) is 79.7 Å². The zero-order chi connectivity index (χ0) is 19.1. The summed E-state index contributed by atoms with van der Waals surface area (Å²) in [4.78, 5) is 12.9. The van der Waals surface area contributed by atoms with Crippen LogP contribution in [0.4, 0.5) is 0 Å². The van der Waals surface area contributed by atoms with Gasteiger partial charge in [0.05, 0.1) is 5.92 Å². The predicted molar refractivity (Wildman–Crippen MR) is 111 cm³/mol. The number of ether oxygens (including phenoxy) is 1. The van der Waals surface area contributed by atoms with Crippen molar-refractivity contribution in [1.29, 1.82) is 0 Å². The highest BCUT2D eigenvalue weighted by atomic mass is 16.5. The topological polar surface area (TPSA) is 26.3 Å². The monoisotopic (exact) mass is 368 g/mol. The lowest BCUT2D eigenvalue weighted by Gasteiger charge is -2.36. The fourth-order valence-corrected chi connectivity index (χ4v) is 4.87. The number of rotatable bonds is 4. The standard InChI is InChI=1S/C26H24O2/c1-17-8-2-3-9-18(17)23-14-15-24(23)26(27)28-16-25-21-12-6-4-10-19(21)20-11-5-7-13-22(20)25/h2-13,23-25H,14-16H2,1H3/t23?,24-/m1/s1. The quantitative estimate of drug-likeness (QED) is 0.540. The van der Waals surface area contributed by atoms with Crippen molar-refractivity contribution in [2.24, 2.45) is 5.92 Å². The van der Waals surface area contributed by atoms with Gasteiger partial charge in [-0.05, 0) is 59.1 Å². The summed E-state index contributed by atoms with van der Waals surface area (Å²) in [5, 5.41) is 0. The van der Waals surface area contributed by atoms with Crippen molar-refractivity contribution in [2.45, 2.75) is 31.6 Å². The highest BCUT2D eigenvalue weighted by molar-refractivity contribution is 5.79. The summed E-state index contributed by atoms with van der Waals surface area (Å²) in [6.07, 6.45) is 2.00. The molecule has 0 radical (unpaired) electrons. The average Bonchev–Trinajstić information content (AvgIpc) is 3.01. The van der Waals surface area contributed by atoms with Crippen LogP contribution in [0, 0.1) is 12.8 Å². The minimum atomic E-state index is -0.0404. The third kappa shape index (κ3) is 2.75. The smallest absolute Gasteiger partial charge is 0.309 e. The van der Waals surface area contributed by atoms with Gasteiger partial charge in [0.2, 0.25) is 0 Å². The first-order chi connectivity index (χ1) is 13.7. The fourth-order valence-electron chi connectivity index (χ4n) is 4.87. The molecule has 0 heterocycles. The number of benzene rings is 3. The van der Waals surface area contributed by atoms with Gasteiger partial charge >= 0.3 is 5.97 Å². The summed E-state index contributed by atoms with van der Waals surface area (Å²) in [5.41, 5.74) is 7.62. The van der Waals surface area contributed by atoms with Crippen LogP contribution in [0.2, 0.25) is 0 Å². The summed E-state index contributed by atoms with van der Waals surface area (Å²) in [6.45, 7) is 2.55. The van der Waals surface area contributed by atoms with E-state index in [1.165, 1.54) is 33.4 Å². The molecule has 3 aromatic rings. The molecule has 3 aromatic carbocycles. The van der Waals surface area contributed by atoms with E-state index >= 15 is 0 Å². The number of hydrogen-bond acceptors (Lipinski definition) is 2. The second-order valence-electron chi connectivity index (χ2n) is 8.00. The van der Waals surface area contributed by atoms with Crippen molar-refractivity contribution < 1.29 is 9.53 Å². The van der Waals surface area contributed by atoms with Gasteiger partial charge < -0.3 is 4.74 Å². The molecule has 0 saturated heterocycles. The van der Waals surface area contributed by atoms with E-state index in [9.17, 15) is 4.79 Å². The molecular formula is C26H24O2. The first kappa shape index (κ1) is 17.2. The highest BCUT2D eigenvalue weighted by Gasteiger charge is 2.40. The molecule has 0 aromatic heterocycles. The van der Waals surface area contributed by atoms with Gasteiger partial charge in [-0.3, -0.25) is 4.79 Å². The molecule has 2 nitrogen and oxygen atoms in total. The molecule has 5 rings (SSSR count). The van der Waals surface area contributed by atoms with E-state index in [0.29, 0.717) is 12.5 Å². The van der Waals surface area contributed by atoms with Crippen molar-refractivity contribution in [3.63, 3.8) is 0 Å². The normalized spacial score (nSPS) is 20.2. The Morgan fingerprint density at radius 2 is 1.39 bits per heavy atom. The number of carbonyl (C=O) groups excluding carboxylic acids is 1. The van der Waals surface area contributed by atoms with Crippen LogP contribution in [-0.2, 0) is 9.53 Å². The second-order valence-corrected chi connectivity index (χ2v) is 8.00. The molecule has 1 unspecified atom stereocenters. The summed E-state index contributed by atoms with van der Waals surface area (Å²) in [5.74, 6) is 0.388. The fraction of sp³-hybridized carbons (Fsp3) is 0.269. The molecule has 2 aliphatic rings. The molecule has 1 fully saturated rings. The van der Waals surface area contributed by atoms with Crippen LogP contribution in [0.5, 0.6) is 0 Å². The van der Waals surface area contributed by atoms with Gasteiger partial charge in [-0.15, -0.1) is 0 Å². The molecule has 0 aliphatic heterocycles. The molecule has 2 heteroatoms. The number of esters is 1. The number of hydrogen-bond donors (Lipinski definition) is 0. The van der Waals surface area contributed by atoms with E-state index in [4.69, 9.17) is 4.74 Å². The van der Waals surface area contributed by atoms with E-state index in [-0.39, 0.29) is 17.8 Å². The maximum atomic E-state index is 12.9. The average molecular weight is 368 g/mol. The Morgan fingerprint density at radius 1 is 0.821 bits per heavy atom. The summed E-state index contributed by atoms with van der Waals surface area (Å²) in [6, 6.07) is 25.3. The minimum Gasteiger partial charge on any atom is -0.464 e. The van der Waals surface area contributed by atoms with Crippen LogP contribution in [0.25, 0.3) is 11.1 Å². The first-order valence-corrected chi connectivity index (χ1v) is 10.1. The number of fused-ring (bicyclic) bond motifs is 3. The van der Waals surface area contributed by atoms with Crippen LogP contribution >= 0.6 is 0 Å². The van der Waals surface area contributed by atoms with Gasteiger partial charge in [0.25, 0.3) is 0 Å². The maximum Gasteiger partial charge on any atom is 0.309 e. The maximum absolute atomic E-state index is 12.9. The lowest BCUT2D eigenvalue weighted by molar-refractivity contribution is -0.152. The molecule has 2 aliphatic carbocycles. The largest absolute Gasteiger partial charge is 0.464 e. The van der Waals surface area contributed by atoms with Crippen LogP contribution in [0.15, 0.2) is 72.8 Å². The Labute approximate surface area is 166 Å². The van der Waals surface area contributed by atoms with Gasteiger partial charge in [0.1, 0.15) is 6.61 Å². The molecule has 1 saturated carbocycles. The van der Waals surface area contributed by atoms with Crippen LogP contribution in [0.3, 0.4) is 0 Å². The zero-order valence-corrected chi connectivity index (χ0v) is 16.1. The summed E-state index contributed by atoms with van der Waals surface area (Å²) >= 11 is 0. The van der Waals surface area contributed by atoms with Crippen molar-refractivity contribution >= 4 is 5.97 Å². The number of aryl methyl sites for hydroxylation is 1. The molecule has 0 bridgehead atoms. The van der Waals surface area contributed by atoms with Crippen molar-refractivity contribution in [3.05, 3.63) is 95.1 Å². The van der Waals surface area contributed by atoms with Crippen LogP contribution in [0.1, 0.15) is 46.9 Å². The molecule has 0 spiro atoms. The molecular weight excluding hydrogens is 344 g/mol. The Morgan fingerprint density at radius 3 is 1.96 bits per heavy atom. The SMILES string of the molecule is Cc1ccccc1C1CC[C@H]1C(=O)OCC1c2ccccc2-c2ccccc21. The van der Waals surface area contributed by atoms with Gasteiger partial charge in [-0.1, -0.05) is 72.8 Å².